The van der Waals surface area contributed by atoms with E-state index in [1.807, 2.05) is 0 Å². The molecule has 0 amide bonds. The van der Waals surface area contributed by atoms with Crippen molar-refractivity contribution in [3.8, 4) is 0 Å². The van der Waals surface area contributed by atoms with Gasteiger partial charge in [-0.25, -0.2) is 0 Å². The van der Waals surface area contributed by atoms with Crippen LogP contribution in [0.15, 0.2) is 0 Å². The van der Waals surface area contributed by atoms with E-state index in [-0.39, 0.29) is 0 Å². The predicted molar refractivity (Wildman–Crippen MR) is 67.8 cm³/mol. The summed E-state index contributed by atoms with van der Waals surface area (Å²) >= 11 is 0. The Kier molecular flexibility index (Phi) is 5.11. The highest BCUT2D eigenvalue weighted by Crippen LogP contribution is 2.43. The van der Waals surface area contributed by atoms with Gasteiger partial charge in [-0.05, 0) is 43.1 Å². The van der Waals surface area contributed by atoms with E-state index in [9.17, 15) is 0 Å². The zero-order valence-corrected chi connectivity index (χ0v) is 10.9. The first-order valence-electron chi connectivity index (χ1n) is 6.82. The van der Waals surface area contributed by atoms with Crippen LogP contribution in [0.5, 0.6) is 0 Å². The van der Waals surface area contributed by atoms with Gasteiger partial charge >= 0.3 is 0 Å². The van der Waals surface area contributed by atoms with Gasteiger partial charge in [-0.15, -0.1) is 0 Å². The molecule has 0 aromatic heterocycles. The SMILES string of the molecule is CCC1CCCC(CN)(CCC(C)C)C1. The van der Waals surface area contributed by atoms with Crippen molar-refractivity contribution < 1.29 is 0 Å². The molecule has 2 unspecified atom stereocenters. The van der Waals surface area contributed by atoms with Gasteiger partial charge in [0.1, 0.15) is 0 Å². The van der Waals surface area contributed by atoms with Gasteiger partial charge in [0.05, 0.1) is 0 Å². The van der Waals surface area contributed by atoms with E-state index in [1.165, 1.54) is 44.9 Å². The first-order valence-corrected chi connectivity index (χ1v) is 6.82. The highest BCUT2D eigenvalue weighted by atomic mass is 14.6. The standard InChI is InChI=1S/C14H29N/c1-4-13-6-5-8-14(10-13,11-15)9-7-12(2)3/h12-13H,4-11,15H2,1-3H3. The Bertz CT molecular complexity index is 176. The van der Waals surface area contributed by atoms with Crippen molar-refractivity contribution in [1.29, 1.82) is 0 Å². The van der Waals surface area contributed by atoms with Crippen LogP contribution in [0.4, 0.5) is 0 Å². The third-order valence-electron chi connectivity index (χ3n) is 4.30. The maximum atomic E-state index is 6.04. The van der Waals surface area contributed by atoms with E-state index in [0.717, 1.165) is 18.4 Å². The predicted octanol–water partition coefficient (Wildman–Crippen LogP) is 3.97. The van der Waals surface area contributed by atoms with E-state index in [1.54, 1.807) is 0 Å². The summed E-state index contributed by atoms with van der Waals surface area (Å²) in [5.41, 5.74) is 6.54. The van der Waals surface area contributed by atoms with Crippen LogP contribution in [0, 0.1) is 17.3 Å². The summed E-state index contributed by atoms with van der Waals surface area (Å²) in [4.78, 5) is 0. The molecule has 1 fully saturated rings. The Hall–Kier alpha value is -0.0400. The van der Waals surface area contributed by atoms with Gasteiger partial charge in [0.15, 0.2) is 0 Å². The third-order valence-corrected chi connectivity index (χ3v) is 4.30. The lowest BCUT2D eigenvalue weighted by Gasteiger charge is -2.40. The highest BCUT2D eigenvalue weighted by Gasteiger charge is 2.34. The Labute approximate surface area is 95.8 Å². The molecule has 1 heteroatoms. The molecule has 1 rings (SSSR count). The van der Waals surface area contributed by atoms with Crippen LogP contribution in [-0.4, -0.2) is 6.54 Å². The molecule has 0 aliphatic heterocycles. The number of rotatable bonds is 5. The average Bonchev–Trinajstić information content (AvgIpc) is 2.26. The number of hydrogen-bond acceptors (Lipinski definition) is 1. The molecule has 0 aromatic carbocycles. The molecule has 0 radical (unpaired) electrons. The molecule has 0 saturated heterocycles. The second-order valence-corrected chi connectivity index (χ2v) is 6.01. The lowest BCUT2D eigenvalue weighted by molar-refractivity contribution is 0.123. The minimum atomic E-state index is 0.503. The smallest absolute Gasteiger partial charge is 0.00204 e. The fourth-order valence-corrected chi connectivity index (χ4v) is 3.04. The molecular weight excluding hydrogens is 182 g/mol. The maximum Gasteiger partial charge on any atom is -0.00204 e. The lowest BCUT2D eigenvalue weighted by Crippen LogP contribution is -2.36. The summed E-state index contributed by atoms with van der Waals surface area (Å²) in [7, 11) is 0. The lowest BCUT2D eigenvalue weighted by atomic mass is 9.66. The van der Waals surface area contributed by atoms with Crippen molar-refractivity contribution in [2.24, 2.45) is 23.0 Å². The molecule has 0 heterocycles. The number of nitrogens with two attached hydrogens (primary N) is 1. The molecule has 2 atom stereocenters. The Morgan fingerprint density at radius 1 is 1.40 bits per heavy atom. The first-order chi connectivity index (χ1) is 7.12. The van der Waals surface area contributed by atoms with E-state index >= 15 is 0 Å². The monoisotopic (exact) mass is 211 g/mol. The largest absolute Gasteiger partial charge is 0.330 e. The van der Waals surface area contributed by atoms with Crippen LogP contribution >= 0.6 is 0 Å². The fourth-order valence-electron chi connectivity index (χ4n) is 3.04. The van der Waals surface area contributed by atoms with Gasteiger partial charge < -0.3 is 5.73 Å². The Morgan fingerprint density at radius 3 is 2.67 bits per heavy atom. The van der Waals surface area contributed by atoms with E-state index in [4.69, 9.17) is 5.73 Å². The minimum Gasteiger partial charge on any atom is -0.330 e. The van der Waals surface area contributed by atoms with Gasteiger partial charge in [-0.2, -0.15) is 0 Å². The van der Waals surface area contributed by atoms with Gasteiger partial charge in [-0.1, -0.05) is 46.5 Å². The zero-order chi connectivity index (χ0) is 11.3. The second kappa shape index (κ2) is 5.89. The van der Waals surface area contributed by atoms with Crippen molar-refractivity contribution in [3.05, 3.63) is 0 Å². The van der Waals surface area contributed by atoms with E-state index in [2.05, 4.69) is 20.8 Å². The molecule has 1 aliphatic rings. The first kappa shape index (κ1) is 13.0. The Morgan fingerprint density at radius 2 is 2.13 bits per heavy atom. The maximum absolute atomic E-state index is 6.04. The fraction of sp³-hybridized carbons (Fsp3) is 1.00. The molecule has 1 nitrogen and oxygen atoms in total. The third kappa shape index (κ3) is 3.79. The summed E-state index contributed by atoms with van der Waals surface area (Å²) in [5, 5.41) is 0. The van der Waals surface area contributed by atoms with Crippen molar-refractivity contribution in [2.75, 3.05) is 6.54 Å². The molecule has 0 aromatic rings. The van der Waals surface area contributed by atoms with Gasteiger partial charge in [0.2, 0.25) is 0 Å². The minimum absolute atomic E-state index is 0.503. The van der Waals surface area contributed by atoms with Crippen molar-refractivity contribution >= 4 is 0 Å². The Balaban J connectivity index is 2.50. The molecule has 1 saturated carbocycles. The second-order valence-electron chi connectivity index (χ2n) is 6.01. The summed E-state index contributed by atoms with van der Waals surface area (Å²) in [6.45, 7) is 7.89. The van der Waals surface area contributed by atoms with E-state index in [0.29, 0.717) is 5.41 Å². The zero-order valence-electron chi connectivity index (χ0n) is 10.9. The van der Waals surface area contributed by atoms with Crippen LogP contribution in [0.1, 0.15) is 65.7 Å². The van der Waals surface area contributed by atoms with Crippen molar-refractivity contribution in [1.82, 2.24) is 0 Å². The molecule has 0 spiro atoms. The summed E-state index contributed by atoms with van der Waals surface area (Å²) in [5.74, 6) is 1.78. The van der Waals surface area contributed by atoms with Crippen LogP contribution in [0.25, 0.3) is 0 Å². The van der Waals surface area contributed by atoms with Gasteiger partial charge in [0.25, 0.3) is 0 Å². The van der Waals surface area contributed by atoms with Gasteiger partial charge in [0, 0.05) is 0 Å². The summed E-state index contributed by atoms with van der Waals surface area (Å²) in [6.07, 6.45) is 9.70. The van der Waals surface area contributed by atoms with Crippen LogP contribution in [-0.2, 0) is 0 Å². The summed E-state index contributed by atoms with van der Waals surface area (Å²) in [6, 6.07) is 0. The molecule has 1 aliphatic carbocycles. The molecule has 90 valence electrons. The normalized spacial score (nSPS) is 32.2. The van der Waals surface area contributed by atoms with Crippen molar-refractivity contribution in [3.63, 3.8) is 0 Å². The van der Waals surface area contributed by atoms with Crippen LogP contribution in [0.2, 0.25) is 0 Å². The van der Waals surface area contributed by atoms with Crippen LogP contribution < -0.4 is 5.73 Å². The molecule has 0 bridgehead atoms. The molecular formula is C14H29N. The molecule has 2 N–H and O–H groups in total. The highest BCUT2D eigenvalue weighted by molar-refractivity contribution is 4.87. The number of hydrogen-bond donors (Lipinski definition) is 1. The topological polar surface area (TPSA) is 26.0 Å². The van der Waals surface area contributed by atoms with Crippen molar-refractivity contribution in [2.45, 2.75) is 65.7 Å². The average molecular weight is 211 g/mol. The van der Waals surface area contributed by atoms with E-state index < -0.39 is 0 Å². The summed E-state index contributed by atoms with van der Waals surface area (Å²) < 4.78 is 0. The quantitative estimate of drug-likeness (QED) is 0.731. The molecule has 15 heavy (non-hydrogen) atoms. The van der Waals surface area contributed by atoms with Gasteiger partial charge in [-0.3, -0.25) is 0 Å². The van der Waals surface area contributed by atoms with Crippen LogP contribution in [0.3, 0.4) is 0 Å².